The van der Waals surface area contributed by atoms with Crippen LogP contribution in [0.2, 0.25) is 5.28 Å². The van der Waals surface area contributed by atoms with Gasteiger partial charge in [-0.15, -0.1) is 0 Å². The fourth-order valence-corrected chi connectivity index (χ4v) is 2.33. The Kier molecular flexibility index (Phi) is 4.13. The van der Waals surface area contributed by atoms with Gasteiger partial charge in [0.25, 0.3) is 0 Å². The fraction of sp³-hybridized carbons (Fsp3) is 0.0588. The van der Waals surface area contributed by atoms with Crippen LogP contribution >= 0.6 is 11.6 Å². The van der Waals surface area contributed by atoms with E-state index in [1.807, 2.05) is 30.3 Å². The molecule has 110 valence electrons. The quantitative estimate of drug-likeness (QED) is 0.742. The Morgan fingerprint density at radius 2 is 1.36 bits per heavy atom. The molecule has 22 heavy (non-hydrogen) atoms. The first-order valence-corrected chi connectivity index (χ1v) is 7.13. The van der Waals surface area contributed by atoms with Crippen LogP contribution in [0.5, 0.6) is 0 Å². The first-order chi connectivity index (χ1) is 10.7. The van der Waals surface area contributed by atoms with Crippen molar-refractivity contribution in [1.29, 1.82) is 0 Å². The lowest BCUT2D eigenvalue weighted by Crippen LogP contribution is -1.96. The second-order valence-corrected chi connectivity index (χ2v) is 5.15. The van der Waals surface area contributed by atoms with E-state index in [0.29, 0.717) is 17.9 Å². The summed E-state index contributed by atoms with van der Waals surface area (Å²) in [6, 6.07) is 15.7. The lowest BCUT2D eigenvalue weighted by molar-refractivity contribution is 0.628. The number of aromatic nitrogens is 2. The zero-order valence-electron chi connectivity index (χ0n) is 11.6. The maximum atomic E-state index is 13.0. The van der Waals surface area contributed by atoms with E-state index in [1.165, 1.54) is 12.1 Å². The van der Waals surface area contributed by atoms with Crippen molar-refractivity contribution in [1.82, 2.24) is 9.97 Å². The van der Waals surface area contributed by atoms with E-state index < -0.39 is 0 Å². The molecule has 0 fully saturated rings. The van der Waals surface area contributed by atoms with Crippen LogP contribution in [-0.2, 0) is 6.54 Å². The smallest absolute Gasteiger partial charge is 0.223 e. The molecule has 2 N–H and O–H groups in total. The molecule has 0 radical (unpaired) electrons. The molecular formula is C17H13ClFN3. The van der Waals surface area contributed by atoms with E-state index >= 15 is 0 Å². The summed E-state index contributed by atoms with van der Waals surface area (Å²) in [6.07, 6.45) is 0. The van der Waals surface area contributed by atoms with Crippen molar-refractivity contribution in [3.8, 4) is 22.5 Å². The molecule has 0 atom stereocenters. The van der Waals surface area contributed by atoms with Gasteiger partial charge in [0.2, 0.25) is 5.28 Å². The normalized spacial score (nSPS) is 10.7. The largest absolute Gasteiger partial charge is 0.326 e. The van der Waals surface area contributed by atoms with E-state index in [0.717, 1.165) is 16.7 Å². The van der Waals surface area contributed by atoms with Gasteiger partial charge >= 0.3 is 0 Å². The van der Waals surface area contributed by atoms with Gasteiger partial charge in [0.15, 0.2) is 0 Å². The summed E-state index contributed by atoms with van der Waals surface area (Å²) in [5, 5.41) is 0.153. The van der Waals surface area contributed by atoms with E-state index in [-0.39, 0.29) is 11.1 Å². The number of hydrogen-bond donors (Lipinski definition) is 1. The monoisotopic (exact) mass is 313 g/mol. The Morgan fingerprint density at radius 1 is 0.864 bits per heavy atom. The maximum absolute atomic E-state index is 13.0. The minimum absolute atomic E-state index is 0.153. The Morgan fingerprint density at radius 3 is 1.86 bits per heavy atom. The van der Waals surface area contributed by atoms with Gasteiger partial charge in [0.05, 0.1) is 11.4 Å². The third-order valence-electron chi connectivity index (χ3n) is 3.32. The molecule has 1 heterocycles. The fourth-order valence-electron chi connectivity index (χ4n) is 2.15. The standard InChI is InChI=1S/C17H13ClFN3/c18-17-21-15(12-3-1-11(10-20)2-4-12)9-16(22-17)13-5-7-14(19)8-6-13/h1-9H,10,20H2. The van der Waals surface area contributed by atoms with E-state index in [2.05, 4.69) is 9.97 Å². The average molecular weight is 314 g/mol. The van der Waals surface area contributed by atoms with Gasteiger partial charge in [-0.2, -0.15) is 0 Å². The Balaban J connectivity index is 2.03. The summed E-state index contributed by atoms with van der Waals surface area (Å²) in [6.45, 7) is 0.492. The van der Waals surface area contributed by atoms with Crippen LogP contribution in [0.4, 0.5) is 4.39 Å². The van der Waals surface area contributed by atoms with Crippen LogP contribution in [0.1, 0.15) is 5.56 Å². The average Bonchev–Trinajstić information content (AvgIpc) is 2.55. The topological polar surface area (TPSA) is 51.8 Å². The van der Waals surface area contributed by atoms with Crippen LogP contribution in [0, 0.1) is 5.82 Å². The molecular weight excluding hydrogens is 301 g/mol. The molecule has 0 saturated heterocycles. The van der Waals surface area contributed by atoms with Crippen LogP contribution in [-0.4, -0.2) is 9.97 Å². The highest BCUT2D eigenvalue weighted by Gasteiger charge is 2.08. The van der Waals surface area contributed by atoms with Gasteiger partial charge in [0.1, 0.15) is 5.82 Å². The molecule has 3 aromatic rings. The lowest BCUT2D eigenvalue weighted by Gasteiger charge is -2.06. The predicted octanol–water partition coefficient (Wildman–Crippen LogP) is 4.06. The van der Waals surface area contributed by atoms with E-state index in [9.17, 15) is 4.39 Å². The second-order valence-electron chi connectivity index (χ2n) is 4.82. The van der Waals surface area contributed by atoms with Gasteiger partial charge in [-0.3, -0.25) is 0 Å². The number of benzene rings is 2. The van der Waals surface area contributed by atoms with Crippen molar-refractivity contribution >= 4 is 11.6 Å². The summed E-state index contributed by atoms with van der Waals surface area (Å²) in [5.74, 6) is -0.290. The third-order valence-corrected chi connectivity index (χ3v) is 3.49. The predicted molar refractivity (Wildman–Crippen MR) is 85.8 cm³/mol. The van der Waals surface area contributed by atoms with Gasteiger partial charge < -0.3 is 5.73 Å². The SMILES string of the molecule is NCc1ccc(-c2cc(-c3ccc(F)cc3)nc(Cl)n2)cc1. The minimum Gasteiger partial charge on any atom is -0.326 e. The number of nitrogens with two attached hydrogens (primary N) is 1. The van der Waals surface area contributed by atoms with Crippen LogP contribution in [0.3, 0.4) is 0 Å². The van der Waals surface area contributed by atoms with Crippen molar-refractivity contribution in [2.45, 2.75) is 6.54 Å². The molecule has 0 saturated carbocycles. The number of nitrogens with zero attached hydrogens (tertiary/aromatic N) is 2. The first kappa shape index (κ1) is 14.6. The summed E-state index contributed by atoms with van der Waals surface area (Å²) in [7, 11) is 0. The molecule has 2 aromatic carbocycles. The number of rotatable bonds is 3. The molecule has 1 aromatic heterocycles. The molecule has 0 aliphatic heterocycles. The molecule has 0 aliphatic rings. The van der Waals surface area contributed by atoms with Crippen LogP contribution < -0.4 is 5.73 Å². The van der Waals surface area contributed by atoms with Crippen molar-refractivity contribution in [3.05, 3.63) is 71.3 Å². The first-order valence-electron chi connectivity index (χ1n) is 6.75. The highest BCUT2D eigenvalue weighted by molar-refractivity contribution is 6.28. The highest BCUT2D eigenvalue weighted by atomic mass is 35.5. The van der Waals surface area contributed by atoms with Gasteiger partial charge in [-0.1, -0.05) is 24.3 Å². The van der Waals surface area contributed by atoms with Crippen LogP contribution in [0.15, 0.2) is 54.6 Å². The van der Waals surface area contributed by atoms with Crippen molar-refractivity contribution in [2.24, 2.45) is 5.73 Å². The summed E-state index contributed by atoms with van der Waals surface area (Å²) >= 11 is 6.02. The van der Waals surface area contributed by atoms with Gasteiger partial charge in [-0.05, 0) is 47.5 Å². The summed E-state index contributed by atoms with van der Waals surface area (Å²) < 4.78 is 13.0. The molecule has 0 unspecified atom stereocenters. The Labute approximate surface area is 132 Å². The number of halogens is 2. The minimum atomic E-state index is -0.290. The van der Waals surface area contributed by atoms with Gasteiger partial charge in [-0.25, -0.2) is 14.4 Å². The maximum Gasteiger partial charge on any atom is 0.223 e. The molecule has 5 heteroatoms. The Hall–Kier alpha value is -2.30. The summed E-state index contributed by atoms with van der Waals surface area (Å²) in [4.78, 5) is 8.46. The van der Waals surface area contributed by atoms with Gasteiger partial charge in [0, 0.05) is 17.7 Å². The van der Waals surface area contributed by atoms with Crippen LogP contribution in [0.25, 0.3) is 22.5 Å². The molecule has 3 nitrogen and oxygen atoms in total. The van der Waals surface area contributed by atoms with Crippen molar-refractivity contribution in [3.63, 3.8) is 0 Å². The third kappa shape index (κ3) is 3.13. The molecule has 0 bridgehead atoms. The summed E-state index contributed by atoms with van der Waals surface area (Å²) in [5.41, 5.74) is 9.71. The molecule has 0 spiro atoms. The highest BCUT2D eigenvalue weighted by Crippen LogP contribution is 2.25. The van der Waals surface area contributed by atoms with E-state index in [4.69, 9.17) is 17.3 Å². The lowest BCUT2D eigenvalue weighted by atomic mass is 10.1. The Bertz CT molecular complexity index is 786. The molecule has 0 amide bonds. The zero-order valence-corrected chi connectivity index (χ0v) is 12.4. The zero-order chi connectivity index (χ0) is 15.5. The van der Waals surface area contributed by atoms with E-state index in [1.54, 1.807) is 12.1 Å². The molecule has 3 rings (SSSR count). The second kappa shape index (κ2) is 6.22. The molecule has 0 aliphatic carbocycles. The van der Waals surface area contributed by atoms with Crippen molar-refractivity contribution < 1.29 is 4.39 Å². The van der Waals surface area contributed by atoms with Crippen molar-refractivity contribution in [2.75, 3.05) is 0 Å². The number of hydrogen-bond acceptors (Lipinski definition) is 3.